The summed E-state index contributed by atoms with van der Waals surface area (Å²) in [6, 6.07) is 15.4. The molecule has 2 heterocycles. The Hall–Kier alpha value is -3.88. The molecule has 0 saturated heterocycles. The molecule has 9 heteroatoms. The van der Waals surface area contributed by atoms with Crippen molar-refractivity contribution in [3.8, 4) is 17.1 Å². The van der Waals surface area contributed by atoms with E-state index in [4.69, 9.17) is 4.74 Å². The molecule has 0 atom stereocenters. The van der Waals surface area contributed by atoms with Gasteiger partial charge in [-0.15, -0.1) is 10.2 Å². The molecule has 8 nitrogen and oxygen atoms in total. The molecule has 0 amide bonds. The minimum atomic E-state index is -0.652. The van der Waals surface area contributed by atoms with E-state index in [-0.39, 0.29) is 11.5 Å². The average molecular weight is 378 g/mol. The highest BCUT2D eigenvalue weighted by molar-refractivity contribution is 5.93. The summed E-state index contributed by atoms with van der Waals surface area (Å²) in [5, 5.41) is 16.2. The van der Waals surface area contributed by atoms with Gasteiger partial charge in [0.25, 0.3) is 0 Å². The summed E-state index contributed by atoms with van der Waals surface area (Å²) < 4.78 is 21.1. The Morgan fingerprint density at radius 1 is 1.04 bits per heavy atom. The molecule has 140 valence electrons. The van der Waals surface area contributed by atoms with Crippen molar-refractivity contribution >= 4 is 5.97 Å². The number of hydrogen-bond acceptors (Lipinski definition) is 6. The fraction of sp³-hybridized carbons (Fsp3) is 0.105. The van der Waals surface area contributed by atoms with Crippen LogP contribution in [-0.4, -0.2) is 43.1 Å². The van der Waals surface area contributed by atoms with Gasteiger partial charge < -0.3 is 4.74 Å². The Labute approximate surface area is 159 Å². The number of methoxy groups -OCH3 is 1. The summed E-state index contributed by atoms with van der Waals surface area (Å²) in [6.07, 6.45) is 1.69. The molecule has 0 N–H and O–H groups in total. The minimum Gasteiger partial charge on any atom is -0.464 e. The number of carbonyl (C=O) groups is 1. The topological polar surface area (TPSA) is 87.7 Å². The standard InChI is InChI=1S/C19H15FN6O2/c1-28-19(27)17-18(26(24-22-17)15-9-7-14(20)8-10-15)16-12-25(23-21-16)11-13-5-3-2-4-6-13/h2-10,12H,11H2,1H3. The van der Waals surface area contributed by atoms with Crippen LogP contribution >= 0.6 is 0 Å². The first-order valence-corrected chi connectivity index (χ1v) is 8.40. The maximum absolute atomic E-state index is 13.3. The number of carbonyl (C=O) groups excluding carboxylic acids is 1. The van der Waals surface area contributed by atoms with Gasteiger partial charge in [-0.05, 0) is 29.8 Å². The molecule has 0 fully saturated rings. The molecule has 0 aliphatic rings. The monoisotopic (exact) mass is 378 g/mol. The third kappa shape index (κ3) is 3.37. The van der Waals surface area contributed by atoms with Gasteiger partial charge in [-0.25, -0.2) is 18.5 Å². The van der Waals surface area contributed by atoms with Crippen molar-refractivity contribution < 1.29 is 13.9 Å². The number of ether oxygens (including phenoxy) is 1. The quantitative estimate of drug-likeness (QED) is 0.496. The first kappa shape index (κ1) is 17.5. The van der Waals surface area contributed by atoms with E-state index in [2.05, 4.69) is 20.6 Å². The molecule has 0 bridgehead atoms. The van der Waals surface area contributed by atoms with E-state index in [1.165, 1.54) is 36.1 Å². The molecule has 2 aromatic carbocycles. The van der Waals surface area contributed by atoms with Crippen molar-refractivity contribution in [3.63, 3.8) is 0 Å². The number of esters is 1. The van der Waals surface area contributed by atoms with Gasteiger partial charge in [0.15, 0.2) is 0 Å². The fourth-order valence-electron chi connectivity index (χ4n) is 2.76. The summed E-state index contributed by atoms with van der Waals surface area (Å²) in [5.41, 5.74) is 2.29. The van der Waals surface area contributed by atoms with Crippen molar-refractivity contribution in [3.05, 3.63) is 77.9 Å². The van der Waals surface area contributed by atoms with Crippen LogP contribution < -0.4 is 0 Å². The SMILES string of the molecule is COC(=O)c1nnn(-c2ccc(F)cc2)c1-c1cn(Cc2ccccc2)nn1. The first-order chi connectivity index (χ1) is 13.7. The van der Waals surface area contributed by atoms with Crippen molar-refractivity contribution in [1.82, 2.24) is 30.0 Å². The lowest BCUT2D eigenvalue weighted by Crippen LogP contribution is -2.06. The molecule has 0 aliphatic carbocycles. The summed E-state index contributed by atoms with van der Waals surface area (Å²) in [6.45, 7) is 0.513. The van der Waals surface area contributed by atoms with Gasteiger partial charge in [-0.3, -0.25) is 0 Å². The lowest BCUT2D eigenvalue weighted by Gasteiger charge is -2.05. The number of nitrogens with zero attached hydrogens (tertiary/aromatic N) is 6. The highest BCUT2D eigenvalue weighted by atomic mass is 19.1. The van der Waals surface area contributed by atoms with Gasteiger partial charge in [0.2, 0.25) is 5.69 Å². The van der Waals surface area contributed by atoms with Crippen LogP contribution in [0.3, 0.4) is 0 Å². The molecule has 4 aromatic rings. The number of benzene rings is 2. The predicted molar refractivity (Wildman–Crippen MR) is 97.2 cm³/mol. The second-order valence-electron chi connectivity index (χ2n) is 5.95. The largest absolute Gasteiger partial charge is 0.464 e. The van der Waals surface area contributed by atoms with Gasteiger partial charge in [0.1, 0.15) is 17.2 Å². The fourth-order valence-corrected chi connectivity index (χ4v) is 2.76. The normalized spacial score (nSPS) is 10.8. The Balaban J connectivity index is 1.76. The lowest BCUT2D eigenvalue weighted by molar-refractivity contribution is 0.0595. The van der Waals surface area contributed by atoms with Crippen molar-refractivity contribution in [1.29, 1.82) is 0 Å². The molecule has 28 heavy (non-hydrogen) atoms. The number of rotatable bonds is 5. The second-order valence-corrected chi connectivity index (χ2v) is 5.95. The summed E-state index contributed by atoms with van der Waals surface area (Å²) in [4.78, 5) is 12.2. The smallest absolute Gasteiger partial charge is 0.361 e. The van der Waals surface area contributed by atoms with Crippen LogP contribution in [0.4, 0.5) is 4.39 Å². The van der Waals surface area contributed by atoms with Crippen LogP contribution in [0.15, 0.2) is 60.8 Å². The van der Waals surface area contributed by atoms with Crippen LogP contribution in [0.5, 0.6) is 0 Å². The van der Waals surface area contributed by atoms with Crippen LogP contribution in [0.2, 0.25) is 0 Å². The summed E-state index contributed by atoms with van der Waals surface area (Å²) in [7, 11) is 1.26. The maximum Gasteiger partial charge on any atom is 0.361 e. The van der Waals surface area contributed by atoms with E-state index < -0.39 is 5.97 Å². The van der Waals surface area contributed by atoms with Gasteiger partial charge in [-0.1, -0.05) is 40.8 Å². The summed E-state index contributed by atoms with van der Waals surface area (Å²) >= 11 is 0. The van der Waals surface area contributed by atoms with E-state index >= 15 is 0 Å². The van der Waals surface area contributed by atoms with Crippen molar-refractivity contribution in [2.45, 2.75) is 6.54 Å². The zero-order valence-corrected chi connectivity index (χ0v) is 14.9. The van der Waals surface area contributed by atoms with Crippen LogP contribution in [0.1, 0.15) is 16.1 Å². The van der Waals surface area contributed by atoms with Gasteiger partial charge in [0.05, 0.1) is 25.5 Å². The Kier molecular flexibility index (Phi) is 4.63. The summed E-state index contributed by atoms with van der Waals surface area (Å²) in [5.74, 6) is -1.03. The van der Waals surface area contributed by atoms with Crippen molar-refractivity contribution in [2.75, 3.05) is 7.11 Å². The highest BCUT2D eigenvalue weighted by Crippen LogP contribution is 2.24. The van der Waals surface area contributed by atoms with Crippen LogP contribution in [0.25, 0.3) is 17.1 Å². The highest BCUT2D eigenvalue weighted by Gasteiger charge is 2.25. The van der Waals surface area contributed by atoms with Gasteiger partial charge in [0, 0.05) is 0 Å². The predicted octanol–water partition coefficient (Wildman–Crippen LogP) is 2.50. The number of hydrogen-bond donors (Lipinski definition) is 0. The lowest BCUT2D eigenvalue weighted by atomic mass is 10.2. The van der Waals surface area contributed by atoms with Crippen LogP contribution in [-0.2, 0) is 11.3 Å². The van der Waals surface area contributed by atoms with Crippen molar-refractivity contribution in [2.24, 2.45) is 0 Å². The van der Waals surface area contributed by atoms with E-state index in [0.29, 0.717) is 23.6 Å². The minimum absolute atomic E-state index is 0.00131. The van der Waals surface area contributed by atoms with E-state index in [1.54, 1.807) is 10.9 Å². The number of aromatic nitrogens is 6. The zero-order valence-electron chi connectivity index (χ0n) is 14.9. The van der Waals surface area contributed by atoms with Crippen LogP contribution in [0, 0.1) is 5.82 Å². The molecule has 4 rings (SSSR count). The third-order valence-corrected chi connectivity index (χ3v) is 4.09. The molecule has 0 radical (unpaired) electrons. The maximum atomic E-state index is 13.3. The molecule has 0 spiro atoms. The molecule has 2 aromatic heterocycles. The second kappa shape index (κ2) is 7.39. The third-order valence-electron chi connectivity index (χ3n) is 4.09. The van der Waals surface area contributed by atoms with Gasteiger partial charge >= 0.3 is 5.97 Å². The number of halogens is 1. The van der Waals surface area contributed by atoms with Gasteiger partial charge in [-0.2, -0.15) is 0 Å². The Morgan fingerprint density at radius 3 is 2.50 bits per heavy atom. The zero-order chi connectivity index (χ0) is 19.5. The van der Waals surface area contributed by atoms with E-state index in [0.717, 1.165) is 5.56 Å². The molecular formula is C19H15FN6O2. The molecule has 0 aliphatic heterocycles. The molecule has 0 saturated carbocycles. The van der Waals surface area contributed by atoms with E-state index in [9.17, 15) is 9.18 Å². The molecular weight excluding hydrogens is 363 g/mol. The van der Waals surface area contributed by atoms with E-state index in [1.807, 2.05) is 30.3 Å². The first-order valence-electron chi connectivity index (χ1n) is 8.40. The average Bonchev–Trinajstić information content (AvgIpc) is 3.35. The Morgan fingerprint density at radius 2 is 1.79 bits per heavy atom. The Bertz CT molecular complexity index is 1110. The molecule has 0 unspecified atom stereocenters.